The van der Waals surface area contributed by atoms with Crippen LogP contribution in [-0.2, 0) is 200 Å². The zero-order chi connectivity index (χ0) is 34.4. The summed E-state index contributed by atoms with van der Waals surface area (Å²) in [6.07, 6.45) is 1.55. The van der Waals surface area contributed by atoms with Gasteiger partial charge in [-0.15, -0.1) is 0 Å². The maximum atomic E-state index is 8.10. The molecule has 0 fully saturated rings. The van der Waals surface area contributed by atoms with Gasteiger partial charge in [-0.1, -0.05) is 53.9 Å². The summed E-state index contributed by atoms with van der Waals surface area (Å²) >= 11 is 15.4. The predicted molar refractivity (Wildman–Crippen MR) is 247 cm³/mol. The topological polar surface area (TPSA) is 12.9 Å². The van der Waals surface area contributed by atoms with E-state index in [1.807, 2.05) is 25.1 Å². The van der Waals surface area contributed by atoms with Gasteiger partial charge >= 0.3 is 0 Å². The Bertz CT molecular complexity index is 2430. The van der Waals surface area contributed by atoms with Crippen LogP contribution < -0.4 is 0 Å². The normalized spacial score (nSPS) is 10.6. The summed E-state index contributed by atoms with van der Waals surface area (Å²) in [4.78, 5) is 4.40. The van der Waals surface area contributed by atoms with E-state index in [0.29, 0.717) is 10.6 Å². The van der Waals surface area contributed by atoms with E-state index in [-0.39, 0.29) is 29.7 Å². The van der Waals surface area contributed by atoms with Crippen LogP contribution >= 0.6 is 11.6 Å². The Morgan fingerprint density at radius 3 is 1.38 bits per heavy atom. The number of aryl methyl sites for hydroxylation is 1. The van der Waals surface area contributed by atoms with Crippen molar-refractivity contribution in [3.05, 3.63) is 77.3 Å². The van der Waals surface area contributed by atoms with E-state index in [4.69, 9.17) is 40.8 Å². The van der Waals surface area contributed by atoms with Crippen molar-refractivity contribution < 1.29 is 6.85 Å². The number of rotatable bonds is 2. The summed E-state index contributed by atoms with van der Waals surface area (Å²) in [5, 5.41) is 0.635. The molecule has 24 heteroatoms. The minimum Gasteiger partial charge on any atom is -0.256 e. The van der Waals surface area contributed by atoms with Gasteiger partial charge in [-0.25, -0.2) is 0 Å². The van der Waals surface area contributed by atoms with Crippen LogP contribution in [0, 0.1) is 6.92 Å². The molecule has 0 N–H and O–H groups in total. The minimum absolute atomic E-state index is 0.165. The van der Waals surface area contributed by atoms with Gasteiger partial charge in [0, 0.05) is 222 Å². The minimum atomic E-state index is -0.401. The maximum absolute atomic E-state index is 8.10. The van der Waals surface area contributed by atoms with Crippen molar-refractivity contribution in [3.63, 3.8) is 0 Å². The summed E-state index contributed by atoms with van der Waals surface area (Å²) in [6.45, 7) is 1.83. The molecule has 0 radical (unpaired) electrons. The second-order valence-corrected chi connectivity index (χ2v) is 41.6. The predicted octanol–water partition coefficient (Wildman–Crippen LogP) is 5.32. The molecule has 0 saturated heterocycles. The smallest absolute Gasteiger partial charge is 0.0705 e. The Morgan fingerprint density at radius 2 is 1.00 bits per heavy atom. The van der Waals surface area contributed by atoms with E-state index in [2.05, 4.69) is 4.98 Å². The zero-order valence-electron chi connectivity index (χ0n) is 24.8. The van der Waals surface area contributed by atoms with E-state index >= 15 is 0 Å². The van der Waals surface area contributed by atoms with Gasteiger partial charge in [0.05, 0.1) is 12.5 Å². The van der Waals surface area contributed by atoms with Crippen molar-refractivity contribution in [1.29, 1.82) is 0 Å². The molecule has 0 spiro atoms. The maximum Gasteiger partial charge on any atom is 0.0705 e. The quantitative estimate of drug-likeness (QED) is 0.346. The average Bonchev–Trinajstić information content (AvgIpc) is 3.07. The molecule has 0 aliphatic heterocycles. The first-order valence-electron chi connectivity index (χ1n) is 12.1. The van der Waals surface area contributed by atoms with E-state index in [1.54, 1.807) is 178 Å². The Balaban J connectivity index is 0.000000331. The summed E-state index contributed by atoms with van der Waals surface area (Å²) in [5.41, 5.74) is 3.08. The lowest BCUT2D eigenvalue weighted by Crippen LogP contribution is -1.89. The van der Waals surface area contributed by atoms with Crippen molar-refractivity contribution >= 4 is 212 Å². The first-order chi connectivity index (χ1) is 22.7. The average molecular weight is 990 g/mol. The van der Waals surface area contributed by atoms with Crippen LogP contribution in [0.2, 0.25) is 5.02 Å². The van der Waals surface area contributed by atoms with Crippen molar-refractivity contribution in [2.24, 2.45) is 0 Å². The number of hydrogen-bond acceptors (Lipinski definition) is 3. The second-order valence-electron chi connectivity index (χ2n) is 5.75. The number of nitrogens with zero attached hydrogens (tertiary/aromatic N) is 1. The number of aromatic nitrogens is 1. The molecular weight excluding hydrogens is 971 g/mol. The lowest BCUT2D eigenvalue weighted by atomic mass is 10.0. The Kier molecular flexibility index (Phi) is 22.7. The highest BCUT2D eigenvalue weighted by Crippen LogP contribution is 2.26. The van der Waals surface area contributed by atoms with Crippen LogP contribution in [0.25, 0.3) is 22.4 Å². The molecule has 1 aromatic heterocycles. The fraction of sp³-hybridized carbons (Fsp3) is 0.0556. The van der Waals surface area contributed by atoms with Crippen LogP contribution in [0.4, 0.5) is 0 Å². The van der Waals surface area contributed by atoms with Crippen LogP contribution in [-0.4, -0.2) is 4.98 Å². The van der Waals surface area contributed by atoms with Crippen molar-refractivity contribution in [3.8, 4) is 22.4 Å². The number of benzene rings is 2. The van der Waals surface area contributed by atoms with E-state index < -0.39 is 6.04 Å². The molecule has 3 rings (SSSR count). The lowest BCUT2D eigenvalue weighted by molar-refractivity contribution is 1.29. The molecule has 0 aliphatic carbocycles. The van der Waals surface area contributed by atoms with E-state index in [0.717, 1.165) is 16.8 Å². The summed E-state index contributed by atoms with van der Waals surface area (Å²) in [5.74, 6) is 0. The monoisotopic (exact) mass is 987 g/mol. The van der Waals surface area contributed by atoms with Gasteiger partial charge in [-0.2, -0.15) is 0 Å². The lowest BCUT2D eigenvalue weighted by Gasteiger charge is -2.08. The third-order valence-electron chi connectivity index (χ3n) is 3.55. The molecule has 0 amide bonds. The van der Waals surface area contributed by atoms with Gasteiger partial charge in [0.2, 0.25) is 0 Å². The number of hydrogen-bond donors (Lipinski definition) is 0. The number of halogens is 1. The molecular formula is C18H14ClNS22. The molecule has 0 bridgehead atoms. The van der Waals surface area contributed by atoms with E-state index in [1.165, 1.54) is 17.8 Å². The highest BCUT2D eigenvalue weighted by molar-refractivity contribution is 8.78. The van der Waals surface area contributed by atoms with Gasteiger partial charge in [0.1, 0.15) is 0 Å². The largest absolute Gasteiger partial charge is 0.256 e. The van der Waals surface area contributed by atoms with Gasteiger partial charge in [0.25, 0.3) is 0 Å². The van der Waals surface area contributed by atoms with Crippen molar-refractivity contribution in [2.75, 3.05) is 0 Å². The van der Waals surface area contributed by atoms with Gasteiger partial charge < -0.3 is 0 Å². The first kappa shape index (κ1) is 33.2. The van der Waals surface area contributed by atoms with Crippen LogP contribution in [0.1, 0.15) is 12.4 Å². The molecule has 42 heavy (non-hydrogen) atoms. The number of pyridine rings is 1. The SMILES string of the molecule is S=S=S=S=S=S=S=S=S=S=S=S=S=S=S=S=S=S=S=S=S=S.[2H]c1c([2H])c([2H])c(-c2cnc(-c3ccc(Cl)cc3)cc2C)c([2H])c1[2H]. The third kappa shape index (κ3) is 20.2. The third-order valence-corrected chi connectivity index (χ3v) is 46.0. The fourth-order valence-corrected chi connectivity index (χ4v) is 51.7. The zero-order valence-corrected chi connectivity index (χ0v) is 38.5. The summed E-state index contributed by atoms with van der Waals surface area (Å²) < 4.78 is 39.5. The van der Waals surface area contributed by atoms with Gasteiger partial charge in [-0.3, -0.25) is 4.98 Å². The fourth-order valence-electron chi connectivity index (χ4n) is 2.19. The molecule has 230 valence electrons. The van der Waals surface area contributed by atoms with Gasteiger partial charge in [0.15, 0.2) is 0 Å². The first-order valence-corrected chi connectivity index (χ1v) is 38.0. The summed E-state index contributed by atoms with van der Waals surface area (Å²) in [6, 6.07) is 7.54. The van der Waals surface area contributed by atoms with Crippen molar-refractivity contribution in [2.45, 2.75) is 6.92 Å². The van der Waals surface area contributed by atoms with Crippen LogP contribution in [0.5, 0.6) is 0 Å². The Hall–Kier alpha value is 2.72. The molecule has 1 heterocycles. The Labute approximate surface area is 324 Å². The van der Waals surface area contributed by atoms with Gasteiger partial charge in [-0.05, 0) is 36.2 Å². The Morgan fingerprint density at radius 1 is 0.595 bits per heavy atom. The van der Waals surface area contributed by atoms with Crippen LogP contribution in [0.15, 0.2) is 66.7 Å². The summed E-state index contributed by atoms with van der Waals surface area (Å²) in [7, 11) is 34.5. The highest BCUT2D eigenvalue weighted by Gasteiger charge is 2.05. The second kappa shape index (κ2) is 28.7. The highest BCUT2D eigenvalue weighted by atomic mass is 35.5. The molecule has 2 aromatic carbocycles. The molecule has 0 aliphatic rings. The molecule has 1 nitrogen and oxygen atoms in total. The molecule has 0 unspecified atom stereocenters. The molecule has 3 aromatic rings. The van der Waals surface area contributed by atoms with Crippen LogP contribution in [0.3, 0.4) is 0 Å². The van der Waals surface area contributed by atoms with Crippen molar-refractivity contribution in [1.82, 2.24) is 4.98 Å². The van der Waals surface area contributed by atoms with E-state index in [9.17, 15) is 0 Å². The standard InChI is InChI=1S/C18H14ClN.S22/c1-13-11-18(15-7-9-16(19)10-8-15)20-12-17(13)14-5-3-2-4-6-14;1-3-5-7-9-11-13-15-17-19-21-22-20-18-16-14-12-10-8-6-4-2/h2-12H,1H3;/i2D,3D,4D,5D,6D;. The molecule has 0 saturated carbocycles. The molecule has 0 atom stereocenters.